The molecule has 0 saturated heterocycles. The number of ether oxygens (including phenoxy) is 2. The molecule has 0 spiro atoms. The van der Waals surface area contributed by atoms with E-state index in [9.17, 15) is 0 Å². The maximum atomic E-state index is 5.82. The van der Waals surface area contributed by atoms with E-state index < -0.39 is 0 Å². The number of hydrogen-bond donors (Lipinski definition) is 1. The summed E-state index contributed by atoms with van der Waals surface area (Å²) in [7, 11) is 3.24. The third-order valence-corrected chi connectivity index (χ3v) is 3.10. The summed E-state index contributed by atoms with van der Waals surface area (Å²) in [5.41, 5.74) is 8.88. The Morgan fingerprint density at radius 2 is 1.89 bits per heavy atom. The zero-order valence-electron chi connectivity index (χ0n) is 11.5. The van der Waals surface area contributed by atoms with Gasteiger partial charge in [0.1, 0.15) is 0 Å². The van der Waals surface area contributed by atoms with Crippen LogP contribution in [0.5, 0.6) is 11.5 Å². The van der Waals surface area contributed by atoms with E-state index in [0.717, 1.165) is 23.2 Å². The fraction of sp³-hybridized carbons (Fsp3) is 0.357. The molecule has 19 heavy (non-hydrogen) atoms. The van der Waals surface area contributed by atoms with Crippen molar-refractivity contribution in [3.63, 3.8) is 0 Å². The van der Waals surface area contributed by atoms with Gasteiger partial charge in [-0.05, 0) is 30.2 Å². The van der Waals surface area contributed by atoms with Crippen LogP contribution in [0, 0.1) is 0 Å². The van der Waals surface area contributed by atoms with Crippen LogP contribution in [0.15, 0.2) is 24.5 Å². The summed E-state index contributed by atoms with van der Waals surface area (Å²) in [6.45, 7) is 3.33. The minimum atomic E-state index is 0.437. The molecule has 0 fully saturated rings. The van der Waals surface area contributed by atoms with E-state index >= 15 is 0 Å². The molecular formula is C14H19N3O2. The van der Waals surface area contributed by atoms with Crippen molar-refractivity contribution in [3.05, 3.63) is 30.1 Å². The lowest BCUT2D eigenvalue weighted by Gasteiger charge is -2.13. The number of methoxy groups -OCH3 is 2. The lowest BCUT2D eigenvalue weighted by molar-refractivity contribution is 0.354. The second-order valence-electron chi connectivity index (χ2n) is 4.15. The summed E-state index contributed by atoms with van der Waals surface area (Å²) in [6.07, 6.45) is 3.84. The van der Waals surface area contributed by atoms with E-state index in [1.54, 1.807) is 14.2 Å². The van der Waals surface area contributed by atoms with Gasteiger partial charge in [-0.1, -0.05) is 0 Å². The van der Waals surface area contributed by atoms with E-state index in [1.165, 1.54) is 0 Å². The highest BCUT2D eigenvalue weighted by atomic mass is 16.5. The summed E-state index contributed by atoms with van der Waals surface area (Å²) in [4.78, 5) is 0. The monoisotopic (exact) mass is 261 g/mol. The van der Waals surface area contributed by atoms with E-state index in [0.29, 0.717) is 18.0 Å². The zero-order valence-corrected chi connectivity index (χ0v) is 11.5. The van der Waals surface area contributed by atoms with Gasteiger partial charge in [0.05, 0.1) is 20.4 Å². The average molecular weight is 261 g/mol. The zero-order chi connectivity index (χ0) is 13.8. The SMILES string of the molecule is CCn1cc(-c2cc(OC)c(OC)cc2CN)cn1. The second kappa shape index (κ2) is 5.75. The Balaban J connectivity index is 2.54. The Bertz CT molecular complexity index is 564. The molecule has 0 atom stereocenters. The van der Waals surface area contributed by atoms with Crippen molar-refractivity contribution in [1.82, 2.24) is 9.78 Å². The smallest absolute Gasteiger partial charge is 0.161 e. The van der Waals surface area contributed by atoms with Crippen molar-refractivity contribution in [3.8, 4) is 22.6 Å². The Kier molecular flexibility index (Phi) is 4.06. The van der Waals surface area contributed by atoms with Gasteiger partial charge in [-0.15, -0.1) is 0 Å². The number of aromatic nitrogens is 2. The first-order valence-corrected chi connectivity index (χ1v) is 6.21. The third kappa shape index (κ3) is 2.56. The highest BCUT2D eigenvalue weighted by molar-refractivity contribution is 5.70. The van der Waals surface area contributed by atoms with Crippen molar-refractivity contribution >= 4 is 0 Å². The van der Waals surface area contributed by atoms with Gasteiger partial charge < -0.3 is 15.2 Å². The summed E-state index contributed by atoms with van der Waals surface area (Å²) in [5, 5.41) is 4.29. The van der Waals surface area contributed by atoms with Crippen LogP contribution < -0.4 is 15.2 Å². The first-order valence-electron chi connectivity index (χ1n) is 6.21. The molecule has 0 amide bonds. The predicted molar refractivity (Wildman–Crippen MR) is 74.3 cm³/mol. The lowest BCUT2D eigenvalue weighted by Crippen LogP contribution is -2.01. The van der Waals surface area contributed by atoms with Crippen molar-refractivity contribution in [2.24, 2.45) is 5.73 Å². The molecule has 1 heterocycles. The molecule has 5 nitrogen and oxygen atoms in total. The van der Waals surface area contributed by atoms with E-state index in [-0.39, 0.29) is 0 Å². The number of nitrogens with zero attached hydrogens (tertiary/aromatic N) is 2. The number of nitrogens with two attached hydrogens (primary N) is 1. The van der Waals surface area contributed by atoms with Gasteiger partial charge in [-0.25, -0.2) is 0 Å². The lowest BCUT2D eigenvalue weighted by atomic mass is 10.0. The summed E-state index contributed by atoms with van der Waals surface area (Å²) in [6, 6.07) is 3.86. The van der Waals surface area contributed by atoms with Crippen LogP contribution in [0.2, 0.25) is 0 Å². The third-order valence-electron chi connectivity index (χ3n) is 3.10. The van der Waals surface area contributed by atoms with Gasteiger partial charge in [0.15, 0.2) is 11.5 Å². The number of rotatable bonds is 5. The second-order valence-corrected chi connectivity index (χ2v) is 4.15. The van der Waals surface area contributed by atoms with E-state index in [4.69, 9.17) is 15.2 Å². The number of hydrogen-bond acceptors (Lipinski definition) is 4. The van der Waals surface area contributed by atoms with Crippen LogP contribution in [0.25, 0.3) is 11.1 Å². The molecule has 0 aliphatic heterocycles. The fourth-order valence-electron chi connectivity index (χ4n) is 2.03. The minimum Gasteiger partial charge on any atom is -0.493 e. The first-order chi connectivity index (χ1) is 9.23. The van der Waals surface area contributed by atoms with Gasteiger partial charge in [-0.3, -0.25) is 4.68 Å². The van der Waals surface area contributed by atoms with Gasteiger partial charge in [0.25, 0.3) is 0 Å². The number of aryl methyl sites for hydroxylation is 1. The summed E-state index contributed by atoms with van der Waals surface area (Å²) >= 11 is 0. The molecule has 0 aliphatic rings. The Morgan fingerprint density at radius 3 is 2.42 bits per heavy atom. The molecule has 0 aliphatic carbocycles. The maximum Gasteiger partial charge on any atom is 0.161 e. The Hall–Kier alpha value is -2.01. The van der Waals surface area contributed by atoms with Crippen LogP contribution in [-0.2, 0) is 13.1 Å². The normalized spacial score (nSPS) is 10.5. The summed E-state index contributed by atoms with van der Waals surface area (Å²) < 4.78 is 12.5. The van der Waals surface area contributed by atoms with Gasteiger partial charge >= 0.3 is 0 Å². The molecule has 1 aromatic carbocycles. The molecule has 5 heteroatoms. The molecule has 0 bridgehead atoms. The fourth-order valence-corrected chi connectivity index (χ4v) is 2.03. The highest BCUT2D eigenvalue weighted by Gasteiger charge is 2.13. The molecule has 0 unspecified atom stereocenters. The minimum absolute atomic E-state index is 0.437. The van der Waals surface area contributed by atoms with Gasteiger partial charge in [0.2, 0.25) is 0 Å². The van der Waals surface area contributed by atoms with Crippen molar-refractivity contribution in [2.75, 3.05) is 14.2 Å². The Morgan fingerprint density at radius 1 is 1.21 bits per heavy atom. The topological polar surface area (TPSA) is 62.3 Å². The molecule has 2 N–H and O–H groups in total. The standard InChI is InChI=1S/C14H19N3O2/c1-4-17-9-11(8-16-17)12-6-14(19-3)13(18-2)5-10(12)7-15/h5-6,8-9H,4,7,15H2,1-3H3. The molecular weight excluding hydrogens is 242 g/mol. The van der Waals surface area contributed by atoms with Crippen LogP contribution in [0.1, 0.15) is 12.5 Å². The van der Waals surface area contributed by atoms with Crippen LogP contribution in [0.4, 0.5) is 0 Å². The molecule has 102 valence electrons. The van der Waals surface area contributed by atoms with Crippen LogP contribution in [0.3, 0.4) is 0 Å². The first kappa shape index (κ1) is 13.4. The average Bonchev–Trinajstić information content (AvgIpc) is 2.94. The maximum absolute atomic E-state index is 5.82. The molecule has 2 aromatic rings. The van der Waals surface area contributed by atoms with Crippen molar-refractivity contribution < 1.29 is 9.47 Å². The van der Waals surface area contributed by atoms with Crippen LogP contribution >= 0.6 is 0 Å². The van der Waals surface area contributed by atoms with E-state index in [2.05, 4.69) is 12.0 Å². The quantitative estimate of drug-likeness (QED) is 0.894. The molecule has 1 aromatic heterocycles. The molecule has 0 saturated carbocycles. The Labute approximate surface area is 112 Å². The van der Waals surface area contributed by atoms with Gasteiger partial charge in [-0.2, -0.15) is 5.10 Å². The van der Waals surface area contributed by atoms with Crippen molar-refractivity contribution in [2.45, 2.75) is 20.0 Å². The number of benzene rings is 1. The molecule has 2 rings (SSSR count). The predicted octanol–water partition coefficient (Wildman–Crippen LogP) is 2.05. The van der Waals surface area contributed by atoms with Crippen LogP contribution in [-0.4, -0.2) is 24.0 Å². The molecule has 0 radical (unpaired) electrons. The highest BCUT2D eigenvalue weighted by Crippen LogP contribution is 2.35. The summed E-state index contributed by atoms with van der Waals surface area (Å²) in [5.74, 6) is 1.38. The van der Waals surface area contributed by atoms with E-state index in [1.807, 2.05) is 29.2 Å². The van der Waals surface area contributed by atoms with Gasteiger partial charge in [0, 0.05) is 24.8 Å². The largest absolute Gasteiger partial charge is 0.493 e. The van der Waals surface area contributed by atoms with Crippen molar-refractivity contribution in [1.29, 1.82) is 0 Å².